The van der Waals surface area contributed by atoms with Crippen molar-refractivity contribution in [2.75, 3.05) is 31.1 Å². The quantitative estimate of drug-likeness (QED) is 0.617. The van der Waals surface area contributed by atoms with E-state index in [0.29, 0.717) is 11.8 Å². The molecular weight excluding hydrogens is 218 g/mol. The van der Waals surface area contributed by atoms with E-state index in [1.165, 1.54) is 0 Å². The second-order valence-corrected chi connectivity index (χ2v) is 4.83. The van der Waals surface area contributed by atoms with Gasteiger partial charge < -0.3 is 10.2 Å². The summed E-state index contributed by atoms with van der Waals surface area (Å²) in [6.45, 7) is 3.95. The minimum Gasteiger partial charge on any atom is -0.365 e. The molecule has 0 aliphatic carbocycles. The van der Waals surface area contributed by atoms with Crippen molar-refractivity contribution in [3.8, 4) is 0 Å². The molecule has 1 aromatic carbocycles. The summed E-state index contributed by atoms with van der Waals surface area (Å²) in [5, 5.41) is 14.4. The number of para-hydroxylation sites is 2. The maximum absolute atomic E-state index is 11.0. The van der Waals surface area contributed by atoms with Crippen LogP contribution in [0.25, 0.3) is 0 Å². The summed E-state index contributed by atoms with van der Waals surface area (Å²) in [7, 11) is 0. The second kappa shape index (κ2) is 4.00. The molecule has 0 unspecified atom stereocenters. The third kappa shape index (κ3) is 1.76. The Morgan fingerprint density at radius 3 is 2.53 bits per heavy atom. The number of nitrogens with one attached hydrogen (secondary N) is 1. The summed E-state index contributed by atoms with van der Waals surface area (Å²) in [6, 6.07) is 7.03. The fourth-order valence-electron chi connectivity index (χ4n) is 2.94. The number of fused-ring (bicyclic) bond motifs is 1. The number of nitrogens with zero attached hydrogens (tertiary/aromatic N) is 2. The molecule has 3 rings (SSSR count). The van der Waals surface area contributed by atoms with E-state index in [4.69, 9.17) is 0 Å². The van der Waals surface area contributed by atoms with Crippen molar-refractivity contribution < 1.29 is 4.92 Å². The fraction of sp³-hybridized carbons (Fsp3) is 0.500. The first-order valence-corrected chi connectivity index (χ1v) is 5.95. The van der Waals surface area contributed by atoms with E-state index in [1.807, 2.05) is 12.1 Å². The molecule has 0 spiro atoms. The first-order valence-electron chi connectivity index (χ1n) is 5.95. The Morgan fingerprint density at radius 2 is 1.88 bits per heavy atom. The van der Waals surface area contributed by atoms with Gasteiger partial charge in [0.05, 0.1) is 4.92 Å². The first kappa shape index (κ1) is 10.5. The molecule has 2 aliphatic rings. The third-order valence-electron chi connectivity index (χ3n) is 3.81. The van der Waals surface area contributed by atoms with Crippen LogP contribution in [0.15, 0.2) is 24.3 Å². The Balaban J connectivity index is 1.88. The van der Waals surface area contributed by atoms with Crippen molar-refractivity contribution >= 4 is 11.4 Å². The highest BCUT2D eigenvalue weighted by Gasteiger charge is 2.37. The van der Waals surface area contributed by atoms with Gasteiger partial charge in [-0.3, -0.25) is 10.1 Å². The average Bonchev–Trinajstić information content (AvgIpc) is 2.88. The highest BCUT2D eigenvalue weighted by atomic mass is 16.6. The second-order valence-electron chi connectivity index (χ2n) is 4.83. The highest BCUT2D eigenvalue weighted by Crippen LogP contribution is 2.35. The molecule has 17 heavy (non-hydrogen) atoms. The summed E-state index contributed by atoms with van der Waals surface area (Å²) in [5.41, 5.74) is 0.993. The van der Waals surface area contributed by atoms with Crippen molar-refractivity contribution in [3.63, 3.8) is 0 Å². The number of anilines is 1. The maximum Gasteiger partial charge on any atom is 0.292 e. The molecule has 2 aliphatic heterocycles. The van der Waals surface area contributed by atoms with Crippen LogP contribution in [-0.4, -0.2) is 31.1 Å². The molecular formula is C12H15N3O2. The topological polar surface area (TPSA) is 58.4 Å². The summed E-state index contributed by atoms with van der Waals surface area (Å²) in [4.78, 5) is 12.9. The van der Waals surface area contributed by atoms with Gasteiger partial charge in [0.1, 0.15) is 5.69 Å². The van der Waals surface area contributed by atoms with Gasteiger partial charge in [-0.15, -0.1) is 0 Å². The van der Waals surface area contributed by atoms with Crippen LogP contribution in [-0.2, 0) is 0 Å². The molecule has 2 heterocycles. The number of nitro groups is 1. The summed E-state index contributed by atoms with van der Waals surface area (Å²) >= 11 is 0. The Hall–Kier alpha value is -1.62. The summed E-state index contributed by atoms with van der Waals surface area (Å²) in [6.07, 6.45) is 0. The smallest absolute Gasteiger partial charge is 0.292 e. The van der Waals surface area contributed by atoms with E-state index in [-0.39, 0.29) is 10.6 Å². The van der Waals surface area contributed by atoms with Crippen LogP contribution in [0.5, 0.6) is 0 Å². The Bertz CT molecular complexity index is 437. The van der Waals surface area contributed by atoms with Gasteiger partial charge in [0.2, 0.25) is 0 Å². The maximum atomic E-state index is 11.0. The standard InChI is InChI=1S/C12H15N3O2/c16-15(17)12-4-2-1-3-11(12)14-7-9-5-13-6-10(9)8-14/h1-4,9-10,13H,5-8H2/t9-,10+. The number of rotatable bonds is 2. The molecule has 0 amide bonds. The largest absolute Gasteiger partial charge is 0.365 e. The molecule has 2 atom stereocenters. The van der Waals surface area contributed by atoms with Crippen molar-refractivity contribution in [2.24, 2.45) is 11.8 Å². The Morgan fingerprint density at radius 1 is 1.24 bits per heavy atom. The van der Waals surface area contributed by atoms with Gasteiger partial charge in [0, 0.05) is 32.2 Å². The minimum absolute atomic E-state index is 0.223. The van der Waals surface area contributed by atoms with Crippen molar-refractivity contribution in [3.05, 3.63) is 34.4 Å². The van der Waals surface area contributed by atoms with Crippen LogP contribution in [0, 0.1) is 22.0 Å². The fourth-order valence-corrected chi connectivity index (χ4v) is 2.94. The van der Waals surface area contributed by atoms with Gasteiger partial charge in [0.15, 0.2) is 0 Å². The van der Waals surface area contributed by atoms with Gasteiger partial charge >= 0.3 is 0 Å². The molecule has 2 saturated heterocycles. The molecule has 0 aromatic heterocycles. The van der Waals surface area contributed by atoms with Crippen molar-refractivity contribution in [1.29, 1.82) is 0 Å². The lowest BCUT2D eigenvalue weighted by atomic mass is 10.0. The highest BCUT2D eigenvalue weighted by molar-refractivity contribution is 5.63. The van der Waals surface area contributed by atoms with E-state index in [2.05, 4.69) is 10.2 Å². The average molecular weight is 233 g/mol. The van der Waals surface area contributed by atoms with Crippen LogP contribution >= 0.6 is 0 Å². The molecule has 5 nitrogen and oxygen atoms in total. The Labute approximate surface area is 99.6 Å². The van der Waals surface area contributed by atoms with E-state index in [9.17, 15) is 10.1 Å². The molecule has 1 aromatic rings. The lowest BCUT2D eigenvalue weighted by Gasteiger charge is -2.19. The van der Waals surface area contributed by atoms with E-state index in [1.54, 1.807) is 12.1 Å². The van der Waals surface area contributed by atoms with Crippen LogP contribution in [0.3, 0.4) is 0 Å². The van der Waals surface area contributed by atoms with Gasteiger partial charge in [-0.05, 0) is 17.9 Å². The molecule has 0 radical (unpaired) electrons. The number of benzene rings is 1. The summed E-state index contributed by atoms with van der Waals surface area (Å²) < 4.78 is 0. The SMILES string of the molecule is O=[N+]([O-])c1ccccc1N1C[C@H]2CNC[C@H]2C1. The molecule has 2 fully saturated rings. The van der Waals surface area contributed by atoms with Crippen LogP contribution < -0.4 is 10.2 Å². The predicted octanol–water partition coefficient (Wildman–Crippen LogP) is 1.25. The van der Waals surface area contributed by atoms with Crippen LogP contribution in [0.1, 0.15) is 0 Å². The zero-order chi connectivity index (χ0) is 11.8. The first-order chi connectivity index (χ1) is 8.25. The minimum atomic E-state index is -0.290. The zero-order valence-electron chi connectivity index (χ0n) is 9.50. The third-order valence-corrected chi connectivity index (χ3v) is 3.81. The number of hydrogen-bond donors (Lipinski definition) is 1. The van der Waals surface area contributed by atoms with Gasteiger partial charge in [-0.1, -0.05) is 12.1 Å². The lowest BCUT2D eigenvalue weighted by Crippen LogP contribution is -2.25. The van der Waals surface area contributed by atoms with E-state index >= 15 is 0 Å². The predicted molar refractivity (Wildman–Crippen MR) is 65.2 cm³/mol. The van der Waals surface area contributed by atoms with Gasteiger partial charge in [-0.25, -0.2) is 0 Å². The van der Waals surface area contributed by atoms with E-state index in [0.717, 1.165) is 31.9 Å². The molecule has 5 heteroatoms. The molecule has 1 N–H and O–H groups in total. The van der Waals surface area contributed by atoms with Crippen molar-refractivity contribution in [2.45, 2.75) is 0 Å². The zero-order valence-corrected chi connectivity index (χ0v) is 9.50. The van der Waals surface area contributed by atoms with Gasteiger partial charge in [0.25, 0.3) is 5.69 Å². The van der Waals surface area contributed by atoms with E-state index < -0.39 is 0 Å². The molecule has 0 saturated carbocycles. The lowest BCUT2D eigenvalue weighted by molar-refractivity contribution is -0.384. The molecule has 90 valence electrons. The number of nitro benzene ring substituents is 1. The number of hydrogen-bond acceptors (Lipinski definition) is 4. The van der Waals surface area contributed by atoms with Crippen LogP contribution in [0.4, 0.5) is 11.4 Å². The molecule has 0 bridgehead atoms. The Kier molecular flexibility index (Phi) is 2.48. The normalized spacial score (nSPS) is 27.2. The monoisotopic (exact) mass is 233 g/mol. The summed E-state index contributed by atoms with van der Waals surface area (Å²) in [5.74, 6) is 1.30. The van der Waals surface area contributed by atoms with Crippen LogP contribution in [0.2, 0.25) is 0 Å². The van der Waals surface area contributed by atoms with Gasteiger partial charge in [-0.2, -0.15) is 0 Å². The van der Waals surface area contributed by atoms with Crippen molar-refractivity contribution in [1.82, 2.24) is 5.32 Å².